The highest BCUT2D eigenvalue weighted by molar-refractivity contribution is 5.76. The number of rotatable bonds is 3. The van der Waals surface area contributed by atoms with Crippen molar-refractivity contribution >= 4 is 11.7 Å². The average molecular weight is 392 g/mol. The lowest BCUT2D eigenvalue weighted by Crippen LogP contribution is -2.65. The maximum Gasteiger partial charge on any atom is 0.320 e. The maximum absolute atomic E-state index is 12.8. The molecule has 2 amide bonds. The third-order valence-electron chi connectivity index (χ3n) is 6.92. The number of pyridine rings is 1. The summed E-state index contributed by atoms with van der Waals surface area (Å²) in [5.74, 6) is 1.89. The predicted octanol–water partition coefficient (Wildman–Crippen LogP) is 1.71. The van der Waals surface area contributed by atoms with E-state index in [0.717, 1.165) is 50.5 Å². The molecule has 3 aromatic heterocycles. The third-order valence-corrected chi connectivity index (χ3v) is 6.92. The first-order valence-electron chi connectivity index (χ1n) is 10.3. The van der Waals surface area contributed by atoms with Gasteiger partial charge in [-0.1, -0.05) is 0 Å². The van der Waals surface area contributed by atoms with Gasteiger partial charge in [-0.2, -0.15) is 10.2 Å². The van der Waals surface area contributed by atoms with Gasteiger partial charge in [-0.3, -0.25) is 5.10 Å². The van der Waals surface area contributed by atoms with Crippen LogP contribution in [0.1, 0.15) is 36.6 Å². The molecule has 1 N–H and O–H groups in total. The van der Waals surface area contributed by atoms with Crippen molar-refractivity contribution in [3.8, 4) is 0 Å². The molecule has 0 aromatic carbocycles. The summed E-state index contributed by atoms with van der Waals surface area (Å²) in [5, 5.41) is 11.0. The Balaban J connectivity index is 0.999. The molecule has 1 aliphatic carbocycles. The van der Waals surface area contributed by atoms with Crippen LogP contribution in [0.3, 0.4) is 0 Å². The summed E-state index contributed by atoms with van der Waals surface area (Å²) in [5.41, 5.74) is 2.60. The topological polar surface area (TPSA) is 95.3 Å². The van der Waals surface area contributed by atoms with Gasteiger partial charge in [0.2, 0.25) is 0 Å². The molecule has 2 aliphatic heterocycles. The molecule has 6 rings (SSSR count). The molecule has 0 radical (unpaired) electrons. The first-order chi connectivity index (χ1) is 14.2. The fourth-order valence-electron chi connectivity index (χ4n) is 5.55. The van der Waals surface area contributed by atoms with E-state index in [2.05, 4.69) is 37.4 Å². The van der Waals surface area contributed by atoms with Crippen molar-refractivity contribution in [1.29, 1.82) is 0 Å². The summed E-state index contributed by atoms with van der Waals surface area (Å²) < 4.78 is 1.80. The zero-order valence-electron chi connectivity index (χ0n) is 16.2. The van der Waals surface area contributed by atoms with E-state index in [1.165, 1.54) is 24.7 Å². The molecule has 1 saturated carbocycles. The van der Waals surface area contributed by atoms with E-state index in [0.29, 0.717) is 11.3 Å². The number of carbonyl (C=O) groups excluding carboxylic acids is 1. The number of nitrogens with zero attached hydrogens (tertiary/aromatic N) is 7. The highest BCUT2D eigenvalue weighted by Crippen LogP contribution is 2.53. The van der Waals surface area contributed by atoms with E-state index in [4.69, 9.17) is 0 Å². The first-order valence-corrected chi connectivity index (χ1v) is 10.3. The van der Waals surface area contributed by atoms with Crippen molar-refractivity contribution in [2.24, 2.45) is 11.3 Å². The molecule has 3 aromatic rings. The van der Waals surface area contributed by atoms with Gasteiger partial charge in [-0.25, -0.2) is 19.3 Å². The molecule has 3 aliphatic rings. The predicted molar refractivity (Wildman–Crippen MR) is 104 cm³/mol. The van der Waals surface area contributed by atoms with E-state index in [9.17, 15) is 4.79 Å². The standard InChI is InChI=1S/C20H24N8O/c29-19(26-3-2-16(9-26)18-22-12-23-25-18)27-10-20(11-27)7-15(8-20)5-14-1-4-28-17(6-14)21-13-24-28/h1,4,6,12-13,15-16H,2-3,5,7-11H2,(H,22,23,25)/t16-/m0/s1. The number of aromatic amines is 1. The summed E-state index contributed by atoms with van der Waals surface area (Å²) in [6.07, 6.45) is 9.59. The molecule has 2 saturated heterocycles. The molecule has 1 spiro atoms. The molecule has 0 unspecified atom stereocenters. The fraction of sp³-hybridized carbons (Fsp3) is 0.550. The molecule has 1 atom stereocenters. The quantitative estimate of drug-likeness (QED) is 0.732. The van der Waals surface area contributed by atoms with Gasteiger partial charge < -0.3 is 9.80 Å². The molecule has 5 heterocycles. The lowest BCUT2D eigenvalue weighted by atomic mass is 9.56. The summed E-state index contributed by atoms with van der Waals surface area (Å²) in [6.45, 7) is 3.37. The molecule has 9 nitrogen and oxygen atoms in total. The SMILES string of the molecule is O=C(N1CC[C@H](c2ncn[nH]2)C1)N1CC2(CC(Cc3ccn4ncnc4c3)C2)C1. The second kappa shape index (κ2) is 6.27. The number of carbonyl (C=O) groups is 1. The first kappa shape index (κ1) is 16.9. The number of urea groups is 1. The normalized spacial score (nSPS) is 23.5. The number of hydrogen-bond acceptors (Lipinski definition) is 5. The van der Waals surface area contributed by atoms with Crippen molar-refractivity contribution in [1.82, 2.24) is 39.6 Å². The number of aromatic nitrogens is 6. The zero-order valence-corrected chi connectivity index (χ0v) is 16.2. The minimum atomic E-state index is 0.193. The Bertz CT molecular complexity index is 1030. The molecule has 150 valence electrons. The van der Waals surface area contributed by atoms with Crippen molar-refractivity contribution in [2.45, 2.75) is 31.6 Å². The van der Waals surface area contributed by atoms with Crippen molar-refractivity contribution in [2.75, 3.05) is 26.2 Å². The van der Waals surface area contributed by atoms with E-state index >= 15 is 0 Å². The number of H-pyrrole nitrogens is 1. The Morgan fingerprint density at radius 3 is 2.93 bits per heavy atom. The van der Waals surface area contributed by atoms with Crippen LogP contribution in [0.5, 0.6) is 0 Å². The van der Waals surface area contributed by atoms with Crippen LogP contribution in [0.2, 0.25) is 0 Å². The second-order valence-corrected chi connectivity index (χ2v) is 9.02. The number of likely N-dealkylation sites (tertiary alicyclic amines) is 2. The molecule has 9 heteroatoms. The third kappa shape index (κ3) is 2.87. The summed E-state index contributed by atoms with van der Waals surface area (Å²) in [7, 11) is 0. The van der Waals surface area contributed by atoms with Crippen LogP contribution < -0.4 is 0 Å². The molecule has 29 heavy (non-hydrogen) atoms. The van der Waals surface area contributed by atoms with E-state index in [1.54, 1.807) is 10.8 Å². The van der Waals surface area contributed by atoms with Crippen LogP contribution in [-0.2, 0) is 6.42 Å². The van der Waals surface area contributed by atoms with Crippen molar-refractivity contribution in [3.05, 3.63) is 42.4 Å². The molecule has 3 fully saturated rings. The minimum absolute atomic E-state index is 0.193. The van der Waals surface area contributed by atoms with E-state index < -0.39 is 0 Å². The Morgan fingerprint density at radius 2 is 2.10 bits per heavy atom. The lowest BCUT2D eigenvalue weighted by molar-refractivity contribution is -0.0753. The highest BCUT2D eigenvalue weighted by Gasteiger charge is 2.54. The van der Waals surface area contributed by atoms with Crippen LogP contribution >= 0.6 is 0 Å². The number of nitrogens with one attached hydrogen (secondary N) is 1. The van der Waals surface area contributed by atoms with Gasteiger partial charge >= 0.3 is 6.03 Å². The Labute approximate surface area is 168 Å². The number of hydrogen-bond donors (Lipinski definition) is 1. The van der Waals surface area contributed by atoms with Crippen LogP contribution in [-0.4, -0.2) is 71.8 Å². The highest BCUT2D eigenvalue weighted by atomic mass is 16.2. The van der Waals surface area contributed by atoms with Gasteiger partial charge in [0.15, 0.2) is 5.65 Å². The van der Waals surface area contributed by atoms with Gasteiger partial charge in [0.05, 0.1) is 0 Å². The van der Waals surface area contributed by atoms with Crippen LogP contribution in [0.25, 0.3) is 5.65 Å². The maximum atomic E-state index is 12.8. The lowest BCUT2D eigenvalue weighted by Gasteiger charge is -2.59. The van der Waals surface area contributed by atoms with Crippen molar-refractivity contribution < 1.29 is 4.79 Å². The largest absolute Gasteiger partial charge is 0.324 e. The Kier molecular flexibility index (Phi) is 3.66. The Morgan fingerprint density at radius 1 is 1.21 bits per heavy atom. The van der Waals surface area contributed by atoms with Crippen LogP contribution in [0.4, 0.5) is 4.79 Å². The fourth-order valence-corrected chi connectivity index (χ4v) is 5.55. The number of fused-ring (bicyclic) bond motifs is 1. The second-order valence-electron chi connectivity index (χ2n) is 9.02. The molecular formula is C20H24N8O. The zero-order chi connectivity index (χ0) is 19.4. The average Bonchev–Trinajstić information content (AvgIpc) is 3.42. The monoisotopic (exact) mass is 392 g/mol. The van der Waals surface area contributed by atoms with Gasteiger partial charge in [-0.15, -0.1) is 0 Å². The van der Waals surface area contributed by atoms with E-state index in [1.807, 2.05) is 16.0 Å². The number of amides is 2. The summed E-state index contributed by atoms with van der Waals surface area (Å²) in [4.78, 5) is 25.4. The van der Waals surface area contributed by atoms with Gasteiger partial charge in [0.1, 0.15) is 18.5 Å². The van der Waals surface area contributed by atoms with Crippen LogP contribution in [0, 0.1) is 11.3 Å². The smallest absolute Gasteiger partial charge is 0.320 e. The van der Waals surface area contributed by atoms with Gasteiger partial charge in [0, 0.05) is 43.7 Å². The summed E-state index contributed by atoms with van der Waals surface area (Å²) >= 11 is 0. The van der Waals surface area contributed by atoms with Gasteiger partial charge in [0.25, 0.3) is 0 Å². The Hall–Kier alpha value is -2.97. The molecular weight excluding hydrogens is 368 g/mol. The van der Waals surface area contributed by atoms with E-state index in [-0.39, 0.29) is 11.9 Å². The summed E-state index contributed by atoms with van der Waals surface area (Å²) in [6, 6.07) is 4.47. The van der Waals surface area contributed by atoms with Gasteiger partial charge in [-0.05, 0) is 49.3 Å². The van der Waals surface area contributed by atoms with Crippen molar-refractivity contribution in [3.63, 3.8) is 0 Å². The van der Waals surface area contributed by atoms with Crippen LogP contribution in [0.15, 0.2) is 31.0 Å². The molecule has 0 bridgehead atoms. The minimum Gasteiger partial charge on any atom is -0.324 e.